The van der Waals surface area contributed by atoms with Gasteiger partial charge in [-0.1, -0.05) is 6.07 Å². The fourth-order valence-corrected chi connectivity index (χ4v) is 2.47. The number of ether oxygens (including phenoxy) is 1. The van der Waals surface area contributed by atoms with Gasteiger partial charge in [0.25, 0.3) is 11.8 Å². The number of benzene rings is 2. The first-order valence-corrected chi connectivity index (χ1v) is 8.80. The minimum atomic E-state index is -0.857. The highest BCUT2D eigenvalue weighted by Crippen LogP contribution is 2.19. The lowest BCUT2D eigenvalue weighted by Gasteiger charge is -2.15. The molecule has 1 unspecified atom stereocenters. The average molecular weight is 362 g/mol. The molecule has 25 heavy (non-hydrogen) atoms. The lowest BCUT2D eigenvalue weighted by Crippen LogP contribution is -2.47. The SMILES string of the molecule is CSc1ccc(C)c(C(=O)NNC(=O)C(C)Oc2ccc(F)cc2)c1. The molecule has 2 rings (SSSR count). The fourth-order valence-electron chi connectivity index (χ4n) is 2.03. The number of halogens is 1. The van der Waals surface area contributed by atoms with E-state index in [1.54, 1.807) is 6.07 Å². The number of nitrogens with one attached hydrogen (secondary N) is 2. The second-order valence-corrected chi connectivity index (χ2v) is 6.22. The van der Waals surface area contributed by atoms with Crippen molar-refractivity contribution in [1.29, 1.82) is 0 Å². The molecule has 0 aliphatic carbocycles. The Hall–Kier alpha value is -2.54. The number of rotatable bonds is 5. The third-order valence-corrected chi connectivity index (χ3v) is 4.21. The van der Waals surface area contributed by atoms with E-state index >= 15 is 0 Å². The largest absolute Gasteiger partial charge is 0.481 e. The van der Waals surface area contributed by atoms with E-state index in [-0.39, 0.29) is 5.82 Å². The van der Waals surface area contributed by atoms with Crippen molar-refractivity contribution in [3.8, 4) is 5.75 Å². The third-order valence-electron chi connectivity index (χ3n) is 3.48. The molecule has 0 bridgehead atoms. The number of aryl methyl sites for hydroxylation is 1. The zero-order valence-corrected chi connectivity index (χ0v) is 14.9. The maximum atomic E-state index is 12.9. The molecule has 0 saturated heterocycles. The van der Waals surface area contributed by atoms with E-state index in [2.05, 4.69) is 10.9 Å². The van der Waals surface area contributed by atoms with E-state index in [0.29, 0.717) is 11.3 Å². The van der Waals surface area contributed by atoms with Gasteiger partial charge >= 0.3 is 0 Å². The van der Waals surface area contributed by atoms with Crippen molar-refractivity contribution >= 4 is 23.6 Å². The number of hydrogen-bond acceptors (Lipinski definition) is 4. The van der Waals surface area contributed by atoms with Crippen LogP contribution in [0.4, 0.5) is 4.39 Å². The highest BCUT2D eigenvalue weighted by molar-refractivity contribution is 7.98. The molecule has 0 fully saturated rings. The Kier molecular flexibility index (Phi) is 6.41. The molecule has 0 saturated carbocycles. The van der Waals surface area contributed by atoms with Crippen molar-refractivity contribution in [2.75, 3.05) is 6.26 Å². The van der Waals surface area contributed by atoms with E-state index in [1.165, 1.54) is 43.0 Å². The summed E-state index contributed by atoms with van der Waals surface area (Å²) in [5.74, 6) is -0.953. The van der Waals surface area contributed by atoms with Crippen LogP contribution >= 0.6 is 11.8 Å². The fraction of sp³-hybridized carbons (Fsp3) is 0.222. The molecular weight excluding hydrogens is 343 g/mol. The highest BCUT2D eigenvalue weighted by atomic mass is 32.2. The molecule has 0 spiro atoms. The van der Waals surface area contributed by atoms with E-state index < -0.39 is 17.9 Å². The average Bonchev–Trinajstić information content (AvgIpc) is 2.61. The Balaban J connectivity index is 1.92. The summed E-state index contributed by atoms with van der Waals surface area (Å²) in [6.45, 7) is 3.35. The van der Waals surface area contributed by atoms with Gasteiger partial charge in [-0.2, -0.15) is 0 Å². The molecule has 0 aliphatic rings. The van der Waals surface area contributed by atoms with E-state index in [0.717, 1.165) is 10.5 Å². The van der Waals surface area contributed by atoms with E-state index in [9.17, 15) is 14.0 Å². The second-order valence-electron chi connectivity index (χ2n) is 5.34. The Morgan fingerprint density at radius 3 is 2.44 bits per heavy atom. The first kappa shape index (κ1) is 18.8. The first-order chi connectivity index (χ1) is 11.9. The number of carbonyl (C=O) groups is 2. The zero-order chi connectivity index (χ0) is 18.4. The summed E-state index contributed by atoms with van der Waals surface area (Å²) >= 11 is 1.53. The van der Waals surface area contributed by atoms with Crippen molar-refractivity contribution < 1.29 is 18.7 Å². The number of hydrazine groups is 1. The number of thioether (sulfide) groups is 1. The summed E-state index contributed by atoms with van der Waals surface area (Å²) in [5.41, 5.74) is 6.00. The standard InChI is InChI=1S/C18H19FN2O3S/c1-11-4-9-15(25-3)10-16(11)18(23)21-20-17(22)12(2)24-14-7-5-13(19)6-8-14/h4-10,12H,1-3H3,(H,20,22)(H,21,23). The Morgan fingerprint density at radius 2 is 1.80 bits per heavy atom. The van der Waals surface area contributed by atoms with Gasteiger partial charge in [0.15, 0.2) is 6.10 Å². The van der Waals surface area contributed by atoms with Gasteiger partial charge in [-0.3, -0.25) is 20.4 Å². The molecule has 2 aromatic carbocycles. The van der Waals surface area contributed by atoms with Crippen molar-refractivity contribution in [3.63, 3.8) is 0 Å². The van der Waals surface area contributed by atoms with Crippen LogP contribution in [0.2, 0.25) is 0 Å². The van der Waals surface area contributed by atoms with Gasteiger partial charge in [-0.15, -0.1) is 11.8 Å². The first-order valence-electron chi connectivity index (χ1n) is 7.57. The van der Waals surface area contributed by atoms with Gasteiger partial charge < -0.3 is 4.74 Å². The van der Waals surface area contributed by atoms with Gasteiger partial charge in [-0.05, 0) is 62.1 Å². The van der Waals surface area contributed by atoms with Crippen molar-refractivity contribution in [2.45, 2.75) is 24.8 Å². The van der Waals surface area contributed by atoms with Crippen molar-refractivity contribution in [3.05, 3.63) is 59.4 Å². The Labute approximate surface area is 149 Å². The lowest BCUT2D eigenvalue weighted by atomic mass is 10.1. The Morgan fingerprint density at radius 1 is 1.12 bits per heavy atom. The van der Waals surface area contributed by atoms with Gasteiger partial charge in [0, 0.05) is 10.5 Å². The molecule has 1 atom stereocenters. The van der Waals surface area contributed by atoms with Gasteiger partial charge in [0.2, 0.25) is 0 Å². The molecule has 132 valence electrons. The van der Waals surface area contributed by atoms with Crippen LogP contribution < -0.4 is 15.6 Å². The van der Waals surface area contributed by atoms with E-state index in [1.807, 2.05) is 25.3 Å². The molecule has 0 aliphatic heterocycles. The number of hydrogen-bond donors (Lipinski definition) is 2. The summed E-state index contributed by atoms with van der Waals surface area (Å²) in [6, 6.07) is 10.9. The lowest BCUT2D eigenvalue weighted by molar-refractivity contribution is -0.128. The normalized spacial score (nSPS) is 11.5. The van der Waals surface area contributed by atoms with Crippen LogP contribution in [0.25, 0.3) is 0 Å². The summed E-state index contributed by atoms with van der Waals surface area (Å²) in [7, 11) is 0. The maximum absolute atomic E-state index is 12.9. The molecular formula is C18H19FN2O3S. The smallest absolute Gasteiger partial charge is 0.279 e. The molecule has 5 nitrogen and oxygen atoms in total. The summed E-state index contributed by atoms with van der Waals surface area (Å²) in [4.78, 5) is 25.2. The van der Waals surface area contributed by atoms with E-state index in [4.69, 9.17) is 4.74 Å². The maximum Gasteiger partial charge on any atom is 0.279 e. The monoisotopic (exact) mass is 362 g/mol. The highest BCUT2D eigenvalue weighted by Gasteiger charge is 2.17. The summed E-state index contributed by atoms with van der Waals surface area (Å²) in [6.07, 6.45) is 1.06. The van der Waals surface area contributed by atoms with Gasteiger partial charge in [0.05, 0.1) is 0 Å². The molecule has 0 heterocycles. The van der Waals surface area contributed by atoms with Crippen LogP contribution in [0.15, 0.2) is 47.4 Å². The molecule has 7 heteroatoms. The van der Waals surface area contributed by atoms with Crippen LogP contribution in [0, 0.1) is 12.7 Å². The predicted octanol–water partition coefficient (Wildman–Crippen LogP) is 3.08. The minimum absolute atomic E-state index is 0.360. The molecule has 0 aromatic heterocycles. The van der Waals surface area contributed by atoms with Crippen molar-refractivity contribution in [2.24, 2.45) is 0 Å². The topological polar surface area (TPSA) is 67.4 Å². The second kappa shape index (κ2) is 8.53. The summed E-state index contributed by atoms with van der Waals surface area (Å²) in [5, 5.41) is 0. The number of carbonyl (C=O) groups excluding carboxylic acids is 2. The third kappa shape index (κ3) is 5.22. The molecule has 0 radical (unpaired) electrons. The van der Waals surface area contributed by atoms with Crippen LogP contribution in [0.3, 0.4) is 0 Å². The Bertz CT molecular complexity index is 765. The zero-order valence-electron chi connectivity index (χ0n) is 14.1. The predicted molar refractivity (Wildman–Crippen MR) is 95.1 cm³/mol. The van der Waals surface area contributed by atoms with Crippen LogP contribution in [0.1, 0.15) is 22.8 Å². The minimum Gasteiger partial charge on any atom is -0.481 e. The van der Waals surface area contributed by atoms with Crippen LogP contribution in [0.5, 0.6) is 5.75 Å². The summed E-state index contributed by atoms with van der Waals surface area (Å²) < 4.78 is 18.3. The number of amides is 2. The van der Waals surface area contributed by atoms with Crippen molar-refractivity contribution in [1.82, 2.24) is 10.9 Å². The van der Waals surface area contributed by atoms with Crippen LogP contribution in [-0.2, 0) is 4.79 Å². The van der Waals surface area contributed by atoms with Gasteiger partial charge in [-0.25, -0.2) is 4.39 Å². The van der Waals surface area contributed by atoms with Gasteiger partial charge in [0.1, 0.15) is 11.6 Å². The quantitative estimate of drug-likeness (QED) is 0.634. The van der Waals surface area contributed by atoms with Crippen LogP contribution in [-0.4, -0.2) is 24.2 Å². The molecule has 2 N–H and O–H groups in total. The molecule has 2 amide bonds. The molecule has 2 aromatic rings.